The molecule has 2 atom stereocenters. The Bertz CT molecular complexity index is 232. The van der Waals surface area contributed by atoms with Crippen LogP contribution in [0.3, 0.4) is 0 Å². The third-order valence-electron chi connectivity index (χ3n) is 5.23. The Morgan fingerprint density at radius 3 is 2.29 bits per heavy atom. The van der Waals surface area contributed by atoms with Crippen molar-refractivity contribution in [1.82, 2.24) is 0 Å². The molecule has 0 aromatic heterocycles. The fraction of sp³-hybridized carbons (Fsp3) is 0.882. The highest BCUT2D eigenvalue weighted by molar-refractivity contribution is 4.91. The highest BCUT2D eigenvalue weighted by atomic mass is 14.4. The molecule has 2 unspecified atom stereocenters. The predicted molar refractivity (Wildman–Crippen MR) is 76.0 cm³/mol. The maximum Gasteiger partial charge on any atom is -0.0233 e. The van der Waals surface area contributed by atoms with E-state index in [1.165, 1.54) is 44.9 Å². The summed E-state index contributed by atoms with van der Waals surface area (Å²) in [5, 5.41) is 0. The van der Waals surface area contributed by atoms with Gasteiger partial charge >= 0.3 is 0 Å². The number of rotatable bonds is 4. The molecule has 0 bridgehead atoms. The third kappa shape index (κ3) is 3.60. The summed E-state index contributed by atoms with van der Waals surface area (Å²) in [5.41, 5.74) is 0. The molecule has 0 aromatic rings. The molecular formula is C17H30. The first-order valence-corrected chi connectivity index (χ1v) is 7.96. The maximum atomic E-state index is 2.44. The molecule has 0 N–H and O–H groups in total. The van der Waals surface area contributed by atoms with Gasteiger partial charge in [0.25, 0.3) is 0 Å². The van der Waals surface area contributed by atoms with Crippen LogP contribution in [0.15, 0.2) is 12.2 Å². The van der Waals surface area contributed by atoms with Gasteiger partial charge in [-0.25, -0.2) is 0 Å². The number of allylic oxidation sites excluding steroid dienone is 2. The summed E-state index contributed by atoms with van der Waals surface area (Å²) in [7, 11) is 0. The van der Waals surface area contributed by atoms with Gasteiger partial charge < -0.3 is 0 Å². The van der Waals surface area contributed by atoms with Crippen molar-refractivity contribution < 1.29 is 0 Å². The van der Waals surface area contributed by atoms with Gasteiger partial charge in [0.2, 0.25) is 0 Å². The highest BCUT2D eigenvalue weighted by Gasteiger charge is 2.32. The first-order valence-electron chi connectivity index (χ1n) is 7.96. The average molecular weight is 234 g/mol. The van der Waals surface area contributed by atoms with Crippen LogP contribution in [0.4, 0.5) is 0 Å². The summed E-state index contributed by atoms with van der Waals surface area (Å²) in [6.07, 6.45) is 18.2. The minimum atomic E-state index is 0.907. The van der Waals surface area contributed by atoms with Gasteiger partial charge in [-0.3, -0.25) is 0 Å². The minimum Gasteiger partial charge on any atom is -0.0914 e. The summed E-state index contributed by atoms with van der Waals surface area (Å²) < 4.78 is 0. The van der Waals surface area contributed by atoms with Crippen molar-refractivity contribution in [2.24, 2.45) is 23.7 Å². The van der Waals surface area contributed by atoms with Crippen molar-refractivity contribution in [3.05, 3.63) is 12.2 Å². The van der Waals surface area contributed by atoms with Gasteiger partial charge in [0.15, 0.2) is 0 Å². The van der Waals surface area contributed by atoms with E-state index in [1.807, 2.05) is 0 Å². The van der Waals surface area contributed by atoms with E-state index < -0.39 is 0 Å². The van der Waals surface area contributed by atoms with E-state index in [0.29, 0.717) is 0 Å². The van der Waals surface area contributed by atoms with Gasteiger partial charge in [-0.15, -0.1) is 0 Å². The molecule has 0 aromatic carbocycles. The molecular weight excluding hydrogens is 204 g/mol. The smallest absolute Gasteiger partial charge is 0.0233 e. The van der Waals surface area contributed by atoms with E-state index in [1.54, 1.807) is 12.8 Å². The van der Waals surface area contributed by atoms with Gasteiger partial charge in [-0.05, 0) is 69.1 Å². The molecule has 2 fully saturated rings. The van der Waals surface area contributed by atoms with Crippen molar-refractivity contribution >= 4 is 0 Å². The normalized spacial score (nSPS) is 38.9. The van der Waals surface area contributed by atoms with Crippen molar-refractivity contribution in [1.29, 1.82) is 0 Å². The second kappa shape index (κ2) is 6.61. The molecule has 0 heteroatoms. The molecule has 0 aliphatic heterocycles. The van der Waals surface area contributed by atoms with E-state index in [2.05, 4.69) is 26.0 Å². The predicted octanol–water partition coefficient (Wildman–Crippen LogP) is 5.59. The second-order valence-electron chi connectivity index (χ2n) is 6.43. The molecule has 0 radical (unpaired) electrons. The topological polar surface area (TPSA) is 0 Å². The van der Waals surface area contributed by atoms with Gasteiger partial charge in [0.05, 0.1) is 0 Å². The molecule has 2 saturated carbocycles. The molecule has 0 amide bonds. The second-order valence-corrected chi connectivity index (χ2v) is 6.43. The van der Waals surface area contributed by atoms with E-state index >= 15 is 0 Å². The van der Waals surface area contributed by atoms with Crippen LogP contribution in [-0.2, 0) is 0 Å². The van der Waals surface area contributed by atoms with E-state index in [4.69, 9.17) is 0 Å². The number of hydrogen-bond acceptors (Lipinski definition) is 0. The summed E-state index contributed by atoms with van der Waals surface area (Å²) in [4.78, 5) is 0. The Labute approximate surface area is 108 Å². The fourth-order valence-corrected chi connectivity index (χ4v) is 4.29. The third-order valence-corrected chi connectivity index (χ3v) is 5.23. The summed E-state index contributed by atoms with van der Waals surface area (Å²) in [5.74, 6) is 4.17. The van der Waals surface area contributed by atoms with Crippen LogP contribution in [0.5, 0.6) is 0 Å². The Hall–Kier alpha value is -0.260. The lowest BCUT2D eigenvalue weighted by molar-refractivity contribution is 0.220. The summed E-state index contributed by atoms with van der Waals surface area (Å²) in [6.45, 7) is 4.51. The van der Waals surface area contributed by atoms with Gasteiger partial charge in [0.1, 0.15) is 0 Å². The van der Waals surface area contributed by atoms with Crippen LogP contribution >= 0.6 is 0 Å². The molecule has 17 heavy (non-hydrogen) atoms. The first kappa shape index (κ1) is 13.2. The zero-order valence-electron chi connectivity index (χ0n) is 11.8. The zero-order valence-corrected chi connectivity index (χ0v) is 11.8. The van der Waals surface area contributed by atoms with Crippen molar-refractivity contribution in [2.75, 3.05) is 0 Å². The molecule has 0 heterocycles. The average Bonchev–Trinajstić information content (AvgIpc) is 2.80. The quantitative estimate of drug-likeness (QED) is 0.557. The van der Waals surface area contributed by atoms with Crippen molar-refractivity contribution in [3.8, 4) is 0 Å². The van der Waals surface area contributed by atoms with Gasteiger partial charge in [-0.2, -0.15) is 0 Å². The van der Waals surface area contributed by atoms with Crippen LogP contribution in [0.25, 0.3) is 0 Å². The fourth-order valence-electron chi connectivity index (χ4n) is 4.29. The molecule has 0 nitrogen and oxygen atoms in total. The van der Waals surface area contributed by atoms with Crippen LogP contribution < -0.4 is 0 Å². The molecule has 0 saturated heterocycles. The SMILES string of the molecule is CC=CC1CCC(C2CCC(CCC)C2)CC1. The van der Waals surface area contributed by atoms with Crippen LogP contribution in [0, 0.1) is 23.7 Å². The van der Waals surface area contributed by atoms with E-state index in [9.17, 15) is 0 Å². The zero-order chi connectivity index (χ0) is 12.1. The standard InChI is InChI=1S/C17H30/c1-3-5-14-7-10-16(11-8-14)17-12-9-15(13-17)6-4-2/h3,5,14-17H,4,6-13H2,1-2H3. The van der Waals surface area contributed by atoms with Crippen LogP contribution in [0.2, 0.25) is 0 Å². The first-order chi connectivity index (χ1) is 8.33. The Kier molecular flexibility index (Phi) is 5.13. The highest BCUT2D eigenvalue weighted by Crippen LogP contribution is 2.44. The molecule has 2 aliphatic rings. The Balaban J connectivity index is 1.74. The van der Waals surface area contributed by atoms with Gasteiger partial charge in [-0.1, -0.05) is 38.3 Å². The molecule has 2 rings (SSSR count). The summed E-state index contributed by atoms with van der Waals surface area (Å²) in [6, 6.07) is 0. The largest absolute Gasteiger partial charge is 0.0914 e. The lowest BCUT2D eigenvalue weighted by Crippen LogP contribution is -2.19. The number of hydrogen-bond donors (Lipinski definition) is 0. The Morgan fingerprint density at radius 1 is 0.941 bits per heavy atom. The van der Waals surface area contributed by atoms with Crippen LogP contribution in [-0.4, -0.2) is 0 Å². The minimum absolute atomic E-state index is 0.907. The maximum absolute atomic E-state index is 2.44. The van der Waals surface area contributed by atoms with Crippen molar-refractivity contribution in [3.63, 3.8) is 0 Å². The summed E-state index contributed by atoms with van der Waals surface area (Å²) >= 11 is 0. The molecule has 2 aliphatic carbocycles. The van der Waals surface area contributed by atoms with Crippen molar-refractivity contribution in [2.45, 2.75) is 71.6 Å². The molecule has 98 valence electrons. The van der Waals surface area contributed by atoms with Gasteiger partial charge in [0, 0.05) is 0 Å². The van der Waals surface area contributed by atoms with E-state index in [0.717, 1.165) is 23.7 Å². The molecule has 0 spiro atoms. The Morgan fingerprint density at radius 2 is 1.65 bits per heavy atom. The van der Waals surface area contributed by atoms with Crippen LogP contribution in [0.1, 0.15) is 71.6 Å². The lowest BCUT2D eigenvalue weighted by atomic mass is 9.75. The lowest BCUT2D eigenvalue weighted by Gasteiger charge is -2.31. The van der Waals surface area contributed by atoms with E-state index in [-0.39, 0.29) is 0 Å². The monoisotopic (exact) mass is 234 g/mol.